The Hall–Kier alpha value is -0.180. The summed E-state index contributed by atoms with van der Waals surface area (Å²) in [5, 5.41) is 1.12. The molecule has 0 saturated carbocycles. The molecule has 0 bridgehead atoms. The van der Waals surface area contributed by atoms with E-state index in [9.17, 15) is 0 Å². The number of hydrogen-bond acceptors (Lipinski definition) is 2. The molecule has 16 heavy (non-hydrogen) atoms. The fourth-order valence-corrected chi connectivity index (χ4v) is 2.69. The summed E-state index contributed by atoms with van der Waals surface area (Å²) in [5.41, 5.74) is -0.135. The number of hydrogen-bond donors (Lipinski definition) is 0. The van der Waals surface area contributed by atoms with Crippen molar-refractivity contribution in [1.82, 2.24) is 4.90 Å². The Morgan fingerprint density at radius 3 is 2.38 bits per heavy atom. The van der Waals surface area contributed by atoms with Gasteiger partial charge in [0.2, 0.25) is 0 Å². The van der Waals surface area contributed by atoms with Crippen LogP contribution in [0.15, 0.2) is 12.5 Å². The highest BCUT2D eigenvalue weighted by atomic mass is 79.9. The predicted octanol–water partition coefficient (Wildman–Crippen LogP) is 3.77. The second kappa shape index (κ2) is 5.95. The van der Waals surface area contributed by atoms with Gasteiger partial charge in [-0.1, -0.05) is 15.9 Å². The molecule has 94 valence electrons. The van der Waals surface area contributed by atoms with Crippen LogP contribution in [0.4, 0.5) is 0 Å². The van der Waals surface area contributed by atoms with Crippen molar-refractivity contribution >= 4 is 15.9 Å². The van der Waals surface area contributed by atoms with Crippen molar-refractivity contribution in [2.45, 2.75) is 45.6 Å². The molecular weight excluding hydrogens is 266 g/mol. The molecule has 0 aliphatic carbocycles. The fraction of sp³-hybridized carbons (Fsp3) is 0.846. The van der Waals surface area contributed by atoms with E-state index in [4.69, 9.17) is 4.74 Å². The second-order valence-electron chi connectivity index (χ2n) is 5.52. The zero-order valence-corrected chi connectivity index (χ0v) is 12.3. The monoisotopic (exact) mass is 289 g/mol. The van der Waals surface area contributed by atoms with E-state index in [-0.39, 0.29) is 5.60 Å². The first-order valence-electron chi connectivity index (χ1n) is 6.11. The molecule has 0 aromatic heterocycles. The molecule has 1 rings (SSSR count). The molecule has 3 heteroatoms. The predicted molar refractivity (Wildman–Crippen MR) is 72.7 cm³/mol. The van der Waals surface area contributed by atoms with Crippen LogP contribution < -0.4 is 0 Å². The topological polar surface area (TPSA) is 12.5 Å². The molecule has 0 unspecified atom stereocenters. The molecule has 1 saturated heterocycles. The van der Waals surface area contributed by atoms with Crippen LogP contribution in [0, 0.1) is 5.92 Å². The summed E-state index contributed by atoms with van der Waals surface area (Å²) >= 11 is 3.51. The number of nitrogens with zero attached hydrogens (tertiary/aromatic N) is 1. The molecule has 1 heterocycles. The molecular formula is C13H24BrNO. The van der Waals surface area contributed by atoms with Crippen molar-refractivity contribution in [3.8, 4) is 0 Å². The lowest BCUT2D eigenvalue weighted by atomic mass is 9.94. The van der Waals surface area contributed by atoms with Gasteiger partial charge >= 0.3 is 0 Å². The Morgan fingerprint density at radius 2 is 1.94 bits per heavy atom. The Labute approximate surface area is 108 Å². The van der Waals surface area contributed by atoms with Crippen LogP contribution in [0.5, 0.6) is 0 Å². The number of ether oxygens (including phenoxy) is 1. The third-order valence-electron chi connectivity index (χ3n) is 2.91. The van der Waals surface area contributed by atoms with E-state index >= 15 is 0 Å². The average Bonchev–Trinajstić information content (AvgIpc) is 2.16. The molecule has 0 aromatic carbocycles. The summed E-state index contributed by atoms with van der Waals surface area (Å²) in [6, 6.07) is 0. The maximum absolute atomic E-state index is 5.79. The standard InChI is InChI=1S/C13H24BrNO/c1-11(16-13(2,3)4)15-9-6-12(5-8-14)7-10-15/h12H,1,5-10H2,2-4H3. The van der Waals surface area contributed by atoms with Crippen molar-refractivity contribution in [1.29, 1.82) is 0 Å². The van der Waals surface area contributed by atoms with Crippen LogP contribution in [-0.4, -0.2) is 28.9 Å². The minimum Gasteiger partial charge on any atom is -0.474 e. The Kier molecular flexibility index (Phi) is 5.16. The van der Waals surface area contributed by atoms with Crippen LogP contribution in [0.1, 0.15) is 40.0 Å². The van der Waals surface area contributed by atoms with Crippen LogP contribution in [0.3, 0.4) is 0 Å². The van der Waals surface area contributed by atoms with Crippen molar-refractivity contribution < 1.29 is 4.74 Å². The van der Waals surface area contributed by atoms with Gasteiger partial charge in [-0.25, -0.2) is 0 Å². The van der Waals surface area contributed by atoms with Gasteiger partial charge in [0.25, 0.3) is 0 Å². The van der Waals surface area contributed by atoms with Crippen LogP contribution in [-0.2, 0) is 4.74 Å². The van der Waals surface area contributed by atoms with Gasteiger partial charge < -0.3 is 9.64 Å². The molecule has 0 aromatic rings. The van der Waals surface area contributed by atoms with E-state index < -0.39 is 0 Å². The van der Waals surface area contributed by atoms with Gasteiger partial charge in [-0.3, -0.25) is 0 Å². The number of likely N-dealkylation sites (tertiary alicyclic amines) is 1. The highest BCUT2D eigenvalue weighted by Crippen LogP contribution is 2.25. The average molecular weight is 290 g/mol. The van der Waals surface area contributed by atoms with E-state index in [1.807, 2.05) is 0 Å². The third kappa shape index (κ3) is 4.77. The Morgan fingerprint density at radius 1 is 1.38 bits per heavy atom. The quantitative estimate of drug-likeness (QED) is 0.577. The first kappa shape index (κ1) is 13.9. The lowest BCUT2D eigenvalue weighted by Crippen LogP contribution is -2.36. The van der Waals surface area contributed by atoms with Gasteiger partial charge in [-0.15, -0.1) is 0 Å². The molecule has 0 spiro atoms. The van der Waals surface area contributed by atoms with Gasteiger partial charge in [0, 0.05) is 18.4 Å². The van der Waals surface area contributed by atoms with E-state index in [1.54, 1.807) is 0 Å². The molecule has 1 fully saturated rings. The van der Waals surface area contributed by atoms with Crippen LogP contribution in [0.2, 0.25) is 0 Å². The van der Waals surface area contributed by atoms with E-state index in [2.05, 4.69) is 48.2 Å². The van der Waals surface area contributed by atoms with Gasteiger partial charge in [-0.2, -0.15) is 0 Å². The normalized spacial score (nSPS) is 18.6. The first-order chi connectivity index (χ1) is 7.42. The first-order valence-corrected chi connectivity index (χ1v) is 7.23. The van der Waals surface area contributed by atoms with Gasteiger partial charge in [0.1, 0.15) is 5.60 Å². The molecule has 0 atom stereocenters. The van der Waals surface area contributed by atoms with Crippen molar-refractivity contribution in [3.63, 3.8) is 0 Å². The maximum Gasteiger partial charge on any atom is 0.182 e. The van der Waals surface area contributed by atoms with Gasteiger partial charge in [0.15, 0.2) is 5.88 Å². The molecule has 2 nitrogen and oxygen atoms in total. The summed E-state index contributed by atoms with van der Waals surface area (Å²) in [6.45, 7) is 12.4. The van der Waals surface area contributed by atoms with Gasteiger partial charge in [0.05, 0.1) is 0 Å². The second-order valence-corrected chi connectivity index (χ2v) is 6.31. The number of rotatable bonds is 4. The zero-order chi connectivity index (χ0) is 12.2. The number of alkyl halides is 1. The summed E-state index contributed by atoms with van der Waals surface area (Å²) in [4.78, 5) is 2.27. The van der Waals surface area contributed by atoms with E-state index in [1.165, 1.54) is 19.3 Å². The van der Waals surface area contributed by atoms with Gasteiger partial charge in [-0.05, 0) is 52.5 Å². The lowest BCUT2D eigenvalue weighted by Gasteiger charge is -2.36. The van der Waals surface area contributed by atoms with Crippen molar-refractivity contribution in [2.75, 3.05) is 18.4 Å². The summed E-state index contributed by atoms with van der Waals surface area (Å²) in [7, 11) is 0. The van der Waals surface area contributed by atoms with Crippen molar-refractivity contribution in [2.24, 2.45) is 5.92 Å². The number of halogens is 1. The highest BCUT2D eigenvalue weighted by Gasteiger charge is 2.22. The summed E-state index contributed by atoms with van der Waals surface area (Å²) in [6.07, 6.45) is 3.82. The Bertz CT molecular complexity index is 227. The molecule has 0 amide bonds. The summed E-state index contributed by atoms with van der Waals surface area (Å²) < 4.78 is 5.79. The van der Waals surface area contributed by atoms with Crippen LogP contribution in [0.25, 0.3) is 0 Å². The Balaban J connectivity index is 2.33. The minimum atomic E-state index is -0.135. The minimum absolute atomic E-state index is 0.135. The molecule has 0 radical (unpaired) electrons. The molecule has 0 N–H and O–H groups in total. The maximum atomic E-state index is 5.79. The molecule has 1 aliphatic rings. The third-order valence-corrected chi connectivity index (χ3v) is 3.37. The SMILES string of the molecule is C=C(OC(C)(C)C)N1CCC(CCBr)CC1. The zero-order valence-electron chi connectivity index (χ0n) is 10.8. The van der Waals surface area contributed by atoms with E-state index in [0.717, 1.165) is 30.2 Å². The molecule has 1 aliphatic heterocycles. The van der Waals surface area contributed by atoms with E-state index in [0.29, 0.717) is 0 Å². The van der Waals surface area contributed by atoms with Crippen LogP contribution >= 0.6 is 15.9 Å². The summed E-state index contributed by atoms with van der Waals surface area (Å²) in [5.74, 6) is 1.71. The van der Waals surface area contributed by atoms with Crippen molar-refractivity contribution in [3.05, 3.63) is 12.5 Å². The highest BCUT2D eigenvalue weighted by molar-refractivity contribution is 9.09. The fourth-order valence-electron chi connectivity index (χ4n) is 2.04. The lowest BCUT2D eigenvalue weighted by molar-refractivity contribution is -0.00553. The number of piperidine rings is 1. The smallest absolute Gasteiger partial charge is 0.182 e. The largest absolute Gasteiger partial charge is 0.474 e.